The lowest BCUT2D eigenvalue weighted by molar-refractivity contribution is -0.159. The maximum atomic E-state index is 13.2. The van der Waals surface area contributed by atoms with Crippen molar-refractivity contribution in [2.75, 3.05) is 25.0 Å². The van der Waals surface area contributed by atoms with E-state index in [0.717, 1.165) is 11.1 Å². The molecule has 0 aromatic heterocycles. The van der Waals surface area contributed by atoms with Gasteiger partial charge in [-0.05, 0) is 53.4 Å². The van der Waals surface area contributed by atoms with Gasteiger partial charge >= 0.3 is 6.03 Å². The zero-order valence-electron chi connectivity index (χ0n) is 18.8. The first-order valence-electron chi connectivity index (χ1n) is 11.4. The molecule has 34 heavy (non-hydrogen) atoms. The molecule has 5 rings (SSSR count). The van der Waals surface area contributed by atoms with Crippen LogP contribution in [0.4, 0.5) is 14.9 Å². The van der Waals surface area contributed by atoms with E-state index in [1.165, 1.54) is 40.3 Å². The molecule has 6 nitrogen and oxygen atoms in total. The number of urea groups is 1. The van der Waals surface area contributed by atoms with E-state index in [-0.39, 0.29) is 42.9 Å². The number of aryl methyl sites for hydroxylation is 1. The fourth-order valence-corrected chi connectivity index (χ4v) is 5.17. The molecule has 7 heteroatoms. The van der Waals surface area contributed by atoms with Crippen LogP contribution in [-0.4, -0.2) is 58.6 Å². The molecule has 0 aliphatic carbocycles. The van der Waals surface area contributed by atoms with E-state index in [2.05, 4.69) is 48.6 Å². The molecule has 174 valence electrons. The summed E-state index contributed by atoms with van der Waals surface area (Å²) in [6.07, 6.45) is 0. The molecule has 2 aliphatic heterocycles. The number of hydrogen-bond donors (Lipinski definition) is 2. The summed E-state index contributed by atoms with van der Waals surface area (Å²) in [4.78, 5) is 28.8. The number of carbonyl (C=O) groups excluding carboxylic acids is 2. The van der Waals surface area contributed by atoms with Crippen molar-refractivity contribution in [3.05, 3.63) is 89.7 Å². The molecular formula is C27H26FN3O3. The van der Waals surface area contributed by atoms with E-state index < -0.39 is 6.03 Å². The monoisotopic (exact) mass is 459 g/mol. The van der Waals surface area contributed by atoms with Crippen molar-refractivity contribution in [2.45, 2.75) is 24.9 Å². The van der Waals surface area contributed by atoms with Gasteiger partial charge in [0.05, 0.1) is 18.7 Å². The zero-order valence-corrected chi connectivity index (χ0v) is 18.8. The Kier molecular flexibility index (Phi) is 5.79. The van der Waals surface area contributed by atoms with E-state index in [0.29, 0.717) is 12.2 Å². The number of halogens is 1. The van der Waals surface area contributed by atoms with Gasteiger partial charge in [-0.25, -0.2) is 9.18 Å². The molecule has 0 saturated carbocycles. The molecule has 2 N–H and O–H groups in total. The molecule has 0 unspecified atom stereocenters. The van der Waals surface area contributed by atoms with Gasteiger partial charge in [0, 0.05) is 18.2 Å². The summed E-state index contributed by atoms with van der Waals surface area (Å²) >= 11 is 0. The molecule has 3 amide bonds. The number of hydrogen-bond acceptors (Lipinski definition) is 3. The molecule has 0 radical (unpaired) electrons. The number of aliphatic hydroxyl groups excluding tert-OH is 1. The third-order valence-electron chi connectivity index (χ3n) is 6.89. The maximum absolute atomic E-state index is 13.2. The standard InChI is InChI=1S/C27H26FN3O3/c1-17-4-2-3-5-22(17)18-6-8-19(9-7-18)26-23-14-30(15-25(33)31(23)24(26)16-32)27(34)29-21-12-10-20(28)11-13-21/h2-13,23-24,26,32H,14-16H2,1H3,(H,29,34)/t23-,24+,26-/m0/s1. The van der Waals surface area contributed by atoms with Crippen LogP contribution in [0.15, 0.2) is 72.8 Å². The molecule has 0 bridgehead atoms. The van der Waals surface area contributed by atoms with Crippen LogP contribution in [0.2, 0.25) is 0 Å². The predicted molar refractivity (Wildman–Crippen MR) is 128 cm³/mol. The van der Waals surface area contributed by atoms with Crippen molar-refractivity contribution in [1.29, 1.82) is 0 Å². The molecule has 3 aromatic rings. The molecule has 3 aromatic carbocycles. The van der Waals surface area contributed by atoms with Gasteiger partial charge in [-0.15, -0.1) is 0 Å². The number of aliphatic hydroxyl groups is 1. The minimum absolute atomic E-state index is 0.0566. The SMILES string of the molecule is Cc1ccccc1-c1ccc([C@@H]2[C@@H](CO)N3C(=O)CN(C(=O)Nc4ccc(F)cc4)C[C@@H]23)cc1. The predicted octanol–water partition coefficient (Wildman–Crippen LogP) is 4.00. The van der Waals surface area contributed by atoms with E-state index in [4.69, 9.17) is 0 Å². The molecule has 0 spiro atoms. The van der Waals surface area contributed by atoms with Crippen molar-refractivity contribution in [3.63, 3.8) is 0 Å². The highest BCUT2D eigenvalue weighted by Crippen LogP contribution is 2.43. The van der Waals surface area contributed by atoms with Gasteiger partial charge in [0.25, 0.3) is 0 Å². The maximum Gasteiger partial charge on any atom is 0.322 e. The van der Waals surface area contributed by atoms with Gasteiger partial charge in [0.1, 0.15) is 12.4 Å². The van der Waals surface area contributed by atoms with Crippen molar-refractivity contribution in [1.82, 2.24) is 9.80 Å². The minimum Gasteiger partial charge on any atom is -0.394 e. The fraction of sp³-hybridized carbons (Fsp3) is 0.259. The number of anilines is 1. The minimum atomic E-state index is -0.402. The summed E-state index contributed by atoms with van der Waals surface area (Å²) in [5.41, 5.74) is 4.97. The van der Waals surface area contributed by atoms with Gasteiger partial charge in [0.15, 0.2) is 0 Å². The van der Waals surface area contributed by atoms with Crippen molar-refractivity contribution in [3.8, 4) is 11.1 Å². The van der Waals surface area contributed by atoms with Crippen LogP contribution in [0.25, 0.3) is 11.1 Å². The molecule has 3 atom stereocenters. The second-order valence-electron chi connectivity index (χ2n) is 8.90. The third kappa shape index (κ3) is 3.92. The molecule has 2 fully saturated rings. The second kappa shape index (κ2) is 8.91. The number of rotatable bonds is 4. The topological polar surface area (TPSA) is 72.9 Å². The summed E-state index contributed by atoms with van der Waals surface area (Å²) < 4.78 is 13.2. The summed E-state index contributed by atoms with van der Waals surface area (Å²) in [5.74, 6) is -0.638. The van der Waals surface area contributed by atoms with Gasteiger partial charge in [0.2, 0.25) is 5.91 Å². The summed E-state index contributed by atoms with van der Waals surface area (Å²) in [6, 6.07) is 21.0. The van der Waals surface area contributed by atoms with Crippen LogP contribution < -0.4 is 5.32 Å². The van der Waals surface area contributed by atoms with Gasteiger partial charge in [-0.2, -0.15) is 0 Å². The molecule has 2 aliphatic rings. The van der Waals surface area contributed by atoms with Gasteiger partial charge in [-0.1, -0.05) is 48.5 Å². The first kappa shape index (κ1) is 22.1. The highest BCUT2D eigenvalue weighted by molar-refractivity contribution is 5.93. The number of fused-ring (bicyclic) bond motifs is 1. The van der Waals surface area contributed by atoms with E-state index in [1.54, 1.807) is 4.90 Å². The smallest absolute Gasteiger partial charge is 0.322 e. The lowest BCUT2D eigenvalue weighted by Gasteiger charge is -2.58. The Morgan fingerprint density at radius 3 is 2.44 bits per heavy atom. The molecule has 2 saturated heterocycles. The Hall–Kier alpha value is -3.71. The first-order chi connectivity index (χ1) is 16.5. The van der Waals surface area contributed by atoms with Crippen LogP contribution in [0.5, 0.6) is 0 Å². The lowest BCUT2D eigenvalue weighted by Crippen LogP contribution is -2.73. The van der Waals surface area contributed by atoms with Gasteiger partial charge in [-0.3, -0.25) is 4.79 Å². The average molecular weight is 460 g/mol. The Morgan fingerprint density at radius 1 is 1.06 bits per heavy atom. The van der Waals surface area contributed by atoms with Crippen molar-refractivity contribution >= 4 is 17.6 Å². The summed E-state index contributed by atoms with van der Waals surface area (Å²) in [6.45, 7) is 2.25. The van der Waals surface area contributed by atoms with E-state index in [1.807, 2.05) is 12.1 Å². The second-order valence-corrected chi connectivity index (χ2v) is 8.90. The fourth-order valence-electron chi connectivity index (χ4n) is 5.17. The summed E-state index contributed by atoms with van der Waals surface area (Å²) in [5, 5.41) is 12.7. The van der Waals surface area contributed by atoms with Crippen LogP contribution in [0.1, 0.15) is 17.0 Å². The van der Waals surface area contributed by atoms with Crippen molar-refractivity contribution < 1.29 is 19.1 Å². The highest BCUT2D eigenvalue weighted by atomic mass is 19.1. The Bertz CT molecular complexity index is 1210. The average Bonchev–Trinajstić information content (AvgIpc) is 2.82. The Morgan fingerprint density at radius 2 is 1.76 bits per heavy atom. The molecular weight excluding hydrogens is 433 g/mol. The van der Waals surface area contributed by atoms with Crippen LogP contribution in [0.3, 0.4) is 0 Å². The number of nitrogens with one attached hydrogen (secondary N) is 1. The lowest BCUT2D eigenvalue weighted by atomic mass is 9.73. The van der Waals surface area contributed by atoms with E-state index >= 15 is 0 Å². The number of carbonyl (C=O) groups is 2. The number of nitrogens with zero attached hydrogens (tertiary/aromatic N) is 2. The highest BCUT2D eigenvalue weighted by Gasteiger charge is 2.54. The molecule has 2 heterocycles. The number of piperazine rings is 1. The van der Waals surface area contributed by atoms with E-state index in [9.17, 15) is 19.1 Å². The number of benzene rings is 3. The quantitative estimate of drug-likeness (QED) is 0.619. The van der Waals surface area contributed by atoms with Gasteiger partial charge < -0.3 is 20.2 Å². The van der Waals surface area contributed by atoms with Crippen LogP contribution in [-0.2, 0) is 4.79 Å². The van der Waals surface area contributed by atoms with Crippen LogP contribution in [0, 0.1) is 12.7 Å². The zero-order chi connectivity index (χ0) is 23.8. The first-order valence-corrected chi connectivity index (χ1v) is 11.4. The third-order valence-corrected chi connectivity index (χ3v) is 6.89. The van der Waals surface area contributed by atoms with Crippen LogP contribution >= 0.6 is 0 Å². The largest absolute Gasteiger partial charge is 0.394 e. The number of amides is 3. The Labute approximate surface area is 197 Å². The van der Waals surface area contributed by atoms with Crippen molar-refractivity contribution in [2.24, 2.45) is 0 Å². The normalized spacial score (nSPS) is 21.6. The Balaban J connectivity index is 1.34. The summed E-state index contributed by atoms with van der Waals surface area (Å²) in [7, 11) is 0.